The number of nitrogens with one attached hydrogen (secondary N) is 2. The summed E-state index contributed by atoms with van der Waals surface area (Å²) in [7, 11) is 1.50. The van der Waals surface area contributed by atoms with Crippen LogP contribution in [0, 0.1) is 5.82 Å². The first-order chi connectivity index (χ1) is 17.1. The Bertz CT molecular complexity index is 1150. The number of para-hydroxylation sites is 3. The van der Waals surface area contributed by atoms with Crippen molar-refractivity contribution in [3.63, 3.8) is 0 Å². The first kappa shape index (κ1) is 24.2. The third-order valence-corrected chi connectivity index (χ3v) is 6.03. The molecule has 0 radical (unpaired) electrons. The summed E-state index contributed by atoms with van der Waals surface area (Å²) < 4.78 is 19.4. The molecule has 8 nitrogen and oxygen atoms in total. The molecular weight excluding hydrogens is 449 g/mol. The van der Waals surface area contributed by atoms with Crippen LogP contribution < -0.4 is 20.3 Å². The van der Waals surface area contributed by atoms with Crippen molar-refractivity contribution >= 4 is 23.2 Å². The van der Waals surface area contributed by atoms with E-state index >= 15 is 0 Å². The molecule has 1 fully saturated rings. The SMILES string of the molecule is COc1ccccc1NC(=O)C(=O)NC[C@H](c1cccnc1)N1CCN(c2ccccc2F)CC1. The van der Waals surface area contributed by atoms with Crippen LogP contribution in [0.5, 0.6) is 5.75 Å². The van der Waals surface area contributed by atoms with E-state index in [1.165, 1.54) is 13.2 Å². The fourth-order valence-electron chi connectivity index (χ4n) is 4.21. The van der Waals surface area contributed by atoms with Crippen LogP contribution in [0.3, 0.4) is 0 Å². The van der Waals surface area contributed by atoms with Crippen LogP contribution in [0.1, 0.15) is 11.6 Å². The highest BCUT2D eigenvalue weighted by Gasteiger charge is 2.27. The smallest absolute Gasteiger partial charge is 0.313 e. The van der Waals surface area contributed by atoms with Gasteiger partial charge in [-0.2, -0.15) is 0 Å². The van der Waals surface area contributed by atoms with Crippen molar-refractivity contribution in [1.29, 1.82) is 0 Å². The van der Waals surface area contributed by atoms with Gasteiger partial charge < -0.3 is 20.3 Å². The number of benzene rings is 2. The third-order valence-electron chi connectivity index (χ3n) is 6.03. The predicted octanol–water partition coefficient (Wildman–Crippen LogP) is 2.85. The molecule has 2 N–H and O–H groups in total. The van der Waals surface area contributed by atoms with Gasteiger partial charge in [0.05, 0.1) is 24.5 Å². The Morgan fingerprint density at radius 2 is 1.74 bits per heavy atom. The second-order valence-electron chi connectivity index (χ2n) is 8.14. The van der Waals surface area contributed by atoms with E-state index in [4.69, 9.17) is 4.74 Å². The van der Waals surface area contributed by atoms with Crippen LogP contribution in [0.2, 0.25) is 0 Å². The van der Waals surface area contributed by atoms with Gasteiger partial charge in [-0.25, -0.2) is 4.39 Å². The summed E-state index contributed by atoms with van der Waals surface area (Å²) >= 11 is 0. The average molecular weight is 478 g/mol. The highest BCUT2D eigenvalue weighted by Crippen LogP contribution is 2.25. The van der Waals surface area contributed by atoms with Gasteiger partial charge in [0.2, 0.25) is 0 Å². The molecule has 1 saturated heterocycles. The Hall–Kier alpha value is -3.98. The number of hydrogen-bond acceptors (Lipinski definition) is 6. The van der Waals surface area contributed by atoms with E-state index in [1.807, 2.05) is 23.1 Å². The van der Waals surface area contributed by atoms with Crippen LogP contribution in [-0.4, -0.2) is 61.5 Å². The molecule has 3 aromatic rings. The van der Waals surface area contributed by atoms with Crippen LogP contribution in [0.25, 0.3) is 0 Å². The van der Waals surface area contributed by atoms with E-state index in [0.717, 1.165) is 5.56 Å². The van der Waals surface area contributed by atoms with E-state index in [0.29, 0.717) is 43.3 Å². The summed E-state index contributed by atoms with van der Waals surface area (Å²) in [5.41, 5.74) is 1.94. The number of rotatable bonds is 7. The van der Waals surface area contributed by atoms with Gasteiger partial charge >= 0.3 is 11.8 Å². The molecule has 35 heavy (non-hydrogen) atoms. The summed E-state index contributed by atoms with van der Waals surface area (Å²) in [4.78, 5) is 33.5. The maximum absolute atomic E-state index is 14.2. The van der Waals surface area contributed by atoms with Crippen LogP contribution in [0.4, 0.5) is 15.8 Å². The molecule has 182 valence electrons. The lowest BCUT2D eigenvalue weighted by molar-refractivity contribution is -0.136. The first-order valence-corrected chi connectivity index (χ1v) is 11.4. The monoisotopic (exact) mass is 477 g/mol. The van der Waals surface area contributed by atoms with Gasteiger partial charge in [-0.1, -0.05) is 30.3 Å². The van der Waals surface area contributed by atoms with Crippen molar-refractivity contribution in [2.45, 2.75) is 6.04 Å². The molecule has 0 spiro atoms. The van der Waals surface area contributed by atoms with E-state index in [-0.39, 0.29) is 18.4 Å². The summed E-state index contributed by atoms with van der Waals surface area (Å²) in [6, 6.07) is 17.2. The number of carbonyl (C=O) groups excluding carboxylic acids is 2. The number of piperazine rings is 1. The Kier molecular flexibility index (Phi) is 7.89. The Morgan fingerprint density at radius 1 is 1.00 bits per heavy atom. The van der Waals surface area contributed by atoms with Gasteiger partial charge in [0.15, 0.2) is 0 Å². The minimum absolute atomic E-state index is 0.186. The molecule has 0 saturated carbocycles. The molecule has 1 aliphatic heterocycles. The van der Waals surface area contributed by atoms with Crippen LogP contribution >= 0.6 is 0 Å². The largest absolute Gasteiger partial charge is 0.495 e. The molecule has 1 aliphatic rings. The minimum Gasteiger partial charge on any atom is -0.495 e. The Balaban J connectivity index is 1.40. The third kappa shape index (κ3) is 5.93. The molecule has 9 heteroatoms. The molecule has 0 unspecified atom stereocenters. The molecule has 4 rings (SSSR count). The molecule has 2 aromatic carbocycles. The number of ether oxygens (including phenoxy) is 1. The lowest BCUT2D eigenvalue weighted by Crippen LogP contribution is -2.50. The fraction of sp³-hybridized carbons (Fsp3) is 0.269. The zero-order valence-electron chi connectivity index (χ0n) is 19.5. The molecule has 0 bridgehead atoms. The van der Waals surface area contributed by atoms with Gasteiger partial charge in [0, 0.05) is 45.1 Å². The fourth-order valence-corrected chi connectivity index (χ4v) is 4.21. The Morgan fingerprint density at radius 3 is 2.46 bits per heavy atom. The zero-order chi connectivity index (χ0) is 24.6. The number of nitrogens with zero attached hydrogens (tertiary/aromatic N) is 3. The normalized spacial score (nSPS) is 14.7. The molecule has 0 aliphatic carbocycles. The van der Waals surface area contributed by atoms with Crippen molar-refractivity contribution in [3.8, 4) is 5.75 Å². The highest BCUT2D eigenvalue weighted by atomic mass is 19.1. The zero-order valence-corrected chi connectivity index (χ0v) is 19.5. The number of aromatic nitrogens is 1. The standard InChI is InChI=1S/C26H28FN5O3/c1-35-24-11-5-3-9-21(24)30-26(34)25(33)29-18-23(19-7-6-12-28-17-19)32-15-13-31(14-16-32)22-10-4-2-8-20(22)27/h2-12,17,23H,13-16,18H2,1H3,(H,29,33)(H,30,34)/t23-/m1/s1. The number of pyridine rings is 1. The second-order valence-corrected chi connectivity index (χ2v) is 8.14. The lowest BCUT2D eigenvalue weighted by atomic mass is 10.1. The van der Waals surface area contributed by atoms with Gasteiger partial charge in [0.1, 0.15) is 11.6 Å². The minimum atomic E-state index is -0.774. The summed E-state index contributed by atoms with van der Waals surface area (Å²) in [5, 5.41) is 5.34. The van der Waals surface area contributed by atoms with Crippen molar-refractivity contribution in [3.05, 3.63) is 84.4 Å². The number of anilines is 2. The number of amides is 2. The number of carbonyl (C=O) groups is 2. The summed E-state index contributed by atoms with van der Waals surface area (Å²) in [5.74, 6) is -1.29. The molecule has 1 aromatic heterocycles. The predicted molar refractivity (Wildman–Crippen MR) is 132 cm³/mol. The molecule has 1 atom stereocenters. The number of halogens is 1. The second kappa shape index (κ2) is 11.4. The maximum Gasteiger partial charge on any atom is 0.313 e. The number of methoxy groups -OCH3 is 1. The molecule has 2 amide bonds. The quantitative estimate of drug-likeness (QED) is 0.509. The highest BCUT2D eigenvalue weighted by molar-refractivity contribution is 6.39. The van der Waals surface area contributed by atoms with Crippen molar-refractivity contribution in [1.82, 2.24) is 15.2 Å². The number of hydrogen-bond donors (Lipinski definition) is 2. The molecular formula is C26H28FN5O3. The first-order valence-electron chi connectivity index (χ1n) is 11.4. The van der Waals surface area contributed by atoms with E-state index in [9.17, 15) is 14.0 Å². The average Bonchev–Trinajstić information content (AvgIpc) is 2.90. The molecule has 2 heterocycles. The Labute approximate surface area is 203 Å². The summed E-state index contributed by atoms with van der Waals surface area (Å²) in [6.07, 6.45) is 3.45. The lowest BCUT2D eigenvalue weighted by Gasteiger charge is -2.40. The van der Waals surface area contributed by atoms with Crippen LogP contribution in [-0.2, 0) is 9.59 Å². The van der Waals surface area contributed by atoms with Gasteiger partial charge in [0.25, 0.3) is 0 Å². The van der Waals surface area contributed by atoms with E-state index in [2.05, 4.69) is 20.5 Å². The van der Waals surface area contributed by atoms with E-state index < -0.39 is 11.8 Å². The topological polar surface area (TPSA) is 86.8 Å². The van der Waals surface area contributed by atoms with Gasteiger partial charge in [-0.15, -0.1) is 0 Å². The van der Waals surface area contributed by atoms with E-state index in [1.54, 1.807) is 48.8 Å². The van der Waals surface area contributed by atoms with Crippen molar-refractivity contribution < 1.29 is 18.7 Å². The maximum atomic E-state index is 14.2. The van der Waals surface area contributed by atoms with Crippen molar-refractivity contribution in [2.24, 2.45) is 0 Å². The summed E-state index contributed by atoms with van der Waals surface area (Å²) in [6.45, 7) is 2.83. The van der Waals surface area contributed by atoms with Gasteiger partial charge in [-0.3, -0.25) is 19.5 Å². The van der Waals surface area contributed by atoms with Crippen LogP contribution in [0.15, 0.2) is 73.1 Å². The van der Waals surface area contributed by atoms with Crippen molar-refractivity contribution in [2.75, 3.05) is 50.1 Å². The van der Waals surface area contributed by atoms with Gasteiger partial charge in [-0.05, 0) is 35.9 Å².